The molecule has 0 heterocycles. The summed E-state index contributed by atoms with van der Waals surface area (Å²) in [7, 11) is 0. The third kappa shape index (κ3) is 3.45. The molecular formula is C18H18FNO2. The highest BCUT2D eigenvalue weighted by molar-refractivity contribution is 5.76. The zero-order valence-electron chi connectivity index (χ0n) is 12.2. The molecule has 1 aliphatic carbocycles. The van der Waals surface area contributed by atoms with Crippen molar-refractivity contribution in [3.63, 3.8) is 0 Å². The molecule has 0 aromatic heterocycles. The SMILES string of the molecule is O=C(CCOc1ccc(F)cc1)NC1CCc2ccccc21. The largest absolute Gasteiger partial charge is 0.493 e. The monoisotopic (exact) mass is 299 g/mol. The number of hydrogen-bond acceptors (Lipinski definition) is 2. The van der Waals surface area contributed by atoms with Crippen LogP contribution in [-0.2, 0) is 11.2 Å². The van der Waals surface area contributed by atoms with Gasteiger partial charge in [0, 0.05) is 0 Å². The lowest BCUT2D eigenvalue weighted by Crippen LogP contribution is -2.28. The first kappa shape index (κ1) is 14.6. The summed E-state index contributed by atoms with van der Waals surface area (Å²) in [6.45, 7) is 0.284. The van der Waals surface area contributed by atoms with Gasteiger partial charge >= 0.3 is 0 Å². The van der Waals surface area contributed by atoms with Crippen molar-refractivity contribution >= 4 is 5.91 Å². The Bertz CT molecular complexity index is 654. The van der Waals surface area contributed by atoms with E-state index in [2.05, 4.69) is 17.4 Å². The zero-order chi connectivity index (χ0) is 15.4. The third-order valence-corrected chi connectivity index (χ3v) is 3.88. The highest BCUT2D eigenvalue weighted by Crippen LogP contribution is 2.30. The number of benzene rings is 2. The second-order valence-electron chi connectivity index (χ2n) is 5.41. The highest BCUT2D eigenvalue weighted by Gasteiger charge is 2.23. The average Bonchev–Trinajstić information content (AvgIpc) is 2.93. The van der Waals surface area contributed by atoms with Gasteiger partial charge in [0.15, 0.2) is 0 Å². The molecule has 1 atom stereocenters. The van der Waals surface area contributed by atoms with Gasteiger partial charge in [0.1, 0.15) is 11.6 Å². The van der Waals surface area contributed by atoms with Gasteiger partial charge in [-0.05, 0) is 48.2 Å². The van der Waals surface area contributed by atoms with E-state index in [-0.39, 0.29) is 30.8 Å². The molecule has 1 aliphatic rings. The van der Waals surface area contributed by atoms with Crippen molar-refractivity contribution in [1.29, 1.82) is 0 Å². The molecule has 3 nitrogen and oxygen atoms in total. The van der Waals surface area contributed by atoms with Crippen LogP contribution in [0.25, 0.3) is 0 Å². The van der Waals surface area contributed by atoms with Crippen molar-refractivity contribution in [2.45, 2.75) is 25.3 Å². The maximum absolute atomic E-state index is 12.8. The van der Waals surface area contributed by atoms with Gasteiger partial charge in [-0.3, -0.25) is 4.79 Å². The fraction of sp³-hybridized carbons (Fsp3) is 0.278. The van der Waals surface area contributed by atoms with E-state index in [1.54, 1.807) is 12.1 Å². The molecule has 3 rings (SSSR count). The van der Waals surface area contributed by atoms with Crippen LogP contribution in [0.1, 0.15) is 30.0 Å². The Morgan fingerprint density at radius 1 is 1.18 bits per heavy atom. The number of fused-ring (bicyclic) bond motifs is 1. The summed E-state index contributed by atoms with van der Waals surface area (Å²) in [6, 6.07) is 14.1. The van der Waals surface area contributed by atoms with Crippen molar-refractivity contribution in [2.75, 3.05) is 6.61 Å². The van der Waals surface area contributed by atoms with E-state index in [0.29, 0.717) is 5.75 Å². The predicted molar refractivity (Wildman–Crippen MR) is 82.2 cm³/mol. The number of rotatable bonds is 5. The molecule has 114 valence electrons. The van der Waals surface area contributed by atoms with Crippen LogP contribution in [0.15, 0.2) is 48.5 Å². The molecule has 0 aliphatic heterocycles. The Labute approximate surface area is 129 Å². The zero-order valence-corrected chi connectivity index (χ0v) is 12.2. The van der Waals surface area contributed by atoms with Crippen LogP contribution in [0, 0.1) is 5.82 Å². The molecule has 0 spiro atoms. The molecule has 4 heteroatoms. The smallest absolute Gasteiger partial charge is 0.223 e. The summed E-state index contributed by atoms with van der Waals surface area (Å²) in [5.41, 5.74) is 2.53. The molecule has 1 amide bonds. The van der Waals surface area contributed by atoms with E-state index in [1.165, 1.54) is 23.3 Å². The topological polar surface area (TPSA) is 38.3 Å². The highest BCUT2D eigenvalue weighted by atomic mass is 19.1. The van der Waals surface area contributed by atoms with E-state index < -0.39 is 0 Å². The lowest BCUT2D eigenvalue weighted by Gasteiger charge is -2.14. The quantitative estimate of drug-likeness (QED) is 0.919. The molecule has 0 bridgehead atoms. The van der Waals surface area contributed by atoms with Crippen LogP contribution in [-0.4, -0.2) is 12.5 Å². The number of halogens is 1. The summed E-state index contributed by atoms with van der Waals surface area (Å²) in [6.07, 6.45) is 2.24. The normalized spacial score (nSPS) is 16.1. The third-order valence-electron chi connectivity index (χ3n) is 3.88. The second-order valence-corrected chi connectivity index (χ2v) is 5.41. The Hall–Kier alpha value is -2.36. The van der Waals surface area contributed by atoms with Crippen LogP contribution in [0.4, 0.5) is 4.39 Å². The Balaban J connectivity index is 1.46. The maximum atomic E-state index is 12.8. The van der Waals surface area contributed by atoms with Crippen molar-refractivity contribution in [3.05, 3.63) is 65.5 Å². The molecule has 1 unspecified atom stereocenters. The number of carbonyl (C=O) groups excluding carboxylic acids is 1. The average molecular weight is 299 g/mol. The molecule has 0 saturated heterocycles. The van der Waals surface area contributed by atoms with Gasteiger partial charge in [-0.15, -0.1) is 0 Å². The summed E-state index contributed by atoms with van der Waals surface area (Å²) >= 11 is 0. The minimum absolute atomic E-state index is 0.0242. The number of amides is 1. The molecule has 0 fully saturated rings. The Kier molecular flexibility index (Phi) is 4.37. The van der Waals surface area contributed by atoms with E-state index in [0.717, 1.165) is 12.8 Å². The number of ether oxygens (including phenoxy) is 1. The number of nitrogens with one attached hydrogen (secondary N) is 1. The maximum Gasteiger partial charge on any atom is 0.223 e. The number of aryl methyl sites for hydroxylation is 1. The van der Waals surface area contributed by atoms with Crippen LogP contribution >= 0.6 is 0 Å². The summed E-state index contributed by atoms with van der Waals surface area (Å²) in [5, 5.41) is 3.05. The summed E-state index contributed by atoms with van der Waals surface area (Å²) in [5.74, 6) is 0.245. The fourth-order valence-electron chi connectivity index (χ4n) is 2.77. The summed E-state index contributed by atoms with van der Waals surface area (Å²) in [4.78, 5) is 12.0. The first-order chi connectivity index (χ1) is 10.7. The lowest BCUT2D eigenvalue weighted by atomic mass is 10.1. The number of carbonyl (C=O) groups is 1. The summed E-state index contributed by atoms with van der Waals surface area (Å²) < 4.78 is 18.2. The van der Waals surface area contributed by atoms with Crippen LogP contribution in [0.3, 0.4) is 0 Å². The molecule has 1 N–H and O–H groups in total. The first-order valence-electron chi connectivity index (χ1n) is 7.48. The van der Waals surface area contributed by atoms with Crippen molar-refractivity contribution in [2.24, 2.45) is 0 Å². The van der Waals surface area contributed by atoms with E-state index >= 15 is 0 Å². The fourth-order valence-corrected chi connectivity index (χ4v) is 2.77. The van der Waals surface area contributed by atoms with Gasteiger partial charge in [-0.25, -0.2) is 4.39 Å². The standard InChI is InChI=1S/C18H18FNO2/c19-14-6-8-15(9-7-14)22-12-11-18(21)20-17-10-5-13-3-1-2-4-16(13)17/h1-4,6-9,17H,5,10-12H2,(H,20,21). The van der Waals surface area contributed by atoms with Crippen molar-refractivity contribution < 1.29 is 13.9 Å². The molecule has 0 saturated carbocycles. The Morgan fingerprint density at radius 2 is 1.95 bits per heavy atom. The minimum atomic E-state index is -0.301. The van der Waals surface area contributed by atoms with Crippen LogP contribution in [0.2, 0.25) is 0 Å². The second kappa shape index (κ2) is 6.60. The first-order valence-corrected chi connectivity index (χ1v) is 7.48. The van der Waals surface area contributed by atoms with Gasteiger partial charge in [0.2, 0.25) is 5.91 Å². The molecule has 2 aromatic carbocycles. The van der Waals surface area contributed by atoms with E-state index in [9.17, 15) is 9.18 Å². The van der Waals surface area contributed by atoms with Gasteiger partial charge in [-0.1, -0.05) is 24.3 Å². The minimum Gasteiger partial charge on any atom is -0.493 e. The molecular weight excluding hydrogens is 281 g/mol. The van der Waals surface area contributed by atoms with Gasteiger partial charge < -0.3 is 10.1 Å². The van der Waals surface area contributed by atoms with E-state index in [1.807, 2.05) is 12.1 Å². The Morgan fingerprint density at radius 3 is 2.77 bits per heavy atom. The van der Waals surface area contributed by atoms with Crippen LogP contribution in [0.5, 0.6) is 5.75 Å². The van der Waals surface area contributed by atoms with Gasteiger partial charge in [0.05, 0.1) is 19.1 Å². The molecule has 2 aromatic rings. The van der Waals surface area contributed by atoms with Gasteiger partial charge in [0.25, 0.3) is 0 Å². The number of hydrogen-bond donors (Lipinski definition) is 1. The van der Waals surface area contributed by atoms with Crippen molar-refractivity contribution in [3.8, 4) is 5.75 Å². The molecule has 0 radical (unpaired) electrons. The molecule has 22 heavy (non-hydrogen) atoms. The van der Waals surface area contributed by atoms with Crippen LogP contribution < -0.4 is 10.1 Å². The predicted octanol–water partition coefficient (Wildman–Crippen LogP) is 3.40. The van der Waals surface area contributed by atoms with Crippen molar-refractivity contribution in [1.82, 2.24) is 5.32 Å². The van der Waals surface area contributed by atoms with E-state index in [4.69, 9.17) is 4.74 Å². The van der Waals surface area contributed by atoms with Gasteiger partial charge in [-0.2, -0.15) is 0 Å². The lowest BCUT2D eigenvalue weighted by molar-refractivity contribution is -0.122.